The summed E-state index contributed by atoms with van der Waals surface area (Å²) < 4.78 is 31.3. The molecular formula is C17H25ClN2O4S. The third kappa shape index (κ3) is 4.39. The maximum Gasteiger partial charge on any atom is 0.246 e. The van der Waals surface area contributed by atoms with Gasteiger partial charge >= 0.3 is 0 Å². The Labute approximate surface area is 154 Å². The molecule has 1 unspecified atom stereocenters. The number of nitrogens with zero attached hydrogens (tertiary/aromatic N) is 2. The average molecular weight is 389 g/mol. The van der Waals surface area contributed by atoms with Gasteiger partial charge in [-0.3, -0.25) is 9.10 Å². The van der Waals surface area contributed by atoms with Crippen LogP contribution >= 0.6 is 11.6 Å². The van der Waals surface area contributed by atoms with E-state index in [-0.39, 0.29) is 17.6 Å². The number of amides is 1. The van der Waals surface area contributed by atoms with Gasteiger partial charge in [0.2, 0.25) is 15.9 Å². The quantitative estimate of drug-likeness (QED) is 0.751. The molecule has 0 heterocycles. The van der Waals surface area contributed by atoms with Crippen molar-refractivity contribution in [3.05, 3.63) is 23.2 Å². The molecule has 0 radical (unpaired) electrons. The molecular weight excluding hydrogens is 364 g/mol. The predicted octanol–water partition coefficient (Wildman–Crippen LogP) is 2.90. The summed E-state index contributed by atoms with van der Waals surface area (Å²) >= 11 is 6.05. The summed E-state index contributed by atoms with van der Waals surface area (Å²) in [4.78, 5) is 14.6. The summed E-state index contributed by atoms with van der Waals surface area (Å²) in [6, 6.07) is 3.97. The number of rotatable bonds is 6. The first-order valence-electron chi connectivity index (χ1n) is 8.26. The molecule has 0 N–H and O–H groups in total. The number of carbonyl (C=O) groups is 1. The van der Waals surface area contributed by atoms with E-state index < -0.39 is 16.1 Å². The number of benzene rings is 1. The van der Waals surface area contributed by atoms with E-state index in [1.54, 1.807) is 31.0 Å². The molecule has 6 nitrogen and oxygen atoms in total. The van der Waals surface area contributed by atoms with Gasteiger partial charge in [-0.15, -0.1) is 0 Å². The SMILES string of the molecule is COc1ccc(Cl)cc1N(C(C)C(=O)N(C)C1CCCC1)S(C)(=O)=O. The van der Waals surface area contributed by atoms with Crippen LogP contribution in [0.4, 0.5) is 5.69 Å². The molecule has 0 aliphatic heterocycles. The monoisotopic (exact) mass is 388 g/mol. The van der Waals surface area contributed by atoms with E-state index in [2.05, 4.69) is 0 Å². The van der Waals surface area contributed by atoms with Crippen molar-refractivity contribution in [2.45, 2.75) is 44.7 Å². The van der Waals surface area contributed by atoms with Crippen molar-refractivity contribution in [3.63, 3.8) is 0 Å². The molecule has 1 fully saturated rings. The Hall–Kier alpha value is -1.47. The fourth-order valence-electron chi connectivity index (χ4n) is 3.38. The highest BCUT2D eigenvalue weighted by atomic mass is 35.5. The van der Waals surface area contributed by atoms with Crippen LogP contribution in [0, 0.1) is 0 Å². The van der Waals surface area contributed by atoms with Crippen molar-refractivity contribution in [1.82, 2.24) is 4.90 Å². The highest BCUT2D eigenvalue weighted by Gasteiger charge is 2.35. The second kappa shape index (κ2) is 7.83. The van der Waals surface area contributed by atoms with Crippen LogP contribution in [0.3, 0.4) is 0 Å². The lowest BCUT2D eigenvalue weighted by Gasteiger charge is -2.34. The summed E-state index contributed by atoms with van der Waals surface area (Å²) in [5.74, 6) is 0.109. The van der Waals surface area contributed by atoms with Gasteiger partial charge < -0.3 is 9.64 Å². The Morgan fingerprint density at radius 2 is 1.92 bits per heavy atom. The second-order valence-corrected chi connectivity index (χ2v) is 8.73. The Kier molecular flexibility index (Phi) is 6.21. The number of hydrogen-bond acceptors (Lipinski definition) is 4. The average Bonchev–Trinajstić information content (AvgIpc) is 3.07. The van der Waals surface area contributed by atoms with Gasteiger partial charge in [0, 0.05) is 18.1 Å². The van der Waals surface area contributed by atoms with Gasteiger partial charge in [0.1, 0.15) is 11.8 Å². The van der Waals surface area contributed by atoms with E-state index in [1.807, 2.05) is 0 Å². The summed E-state index contributed by atoms with van der Waals surface area (Å²) in [6.45, 7) is 1.59. The zero-order chi connectivity index (χ0) is 18.8. The zero-order valence-corrected chi connectivity index (χ0v) is 16.6. The van der Waals surface area contributed by atoms with Gasteiger partial charge in [-0.05, 0) is 38.0 Å². The second-order valence-electron chi connectivity index (χ2n) is 6.44. The van der Waals surface area contributed by atoms with E-state index in [0.29, 0.717) is 10.8 Å². The smallest absolute Gasteiger partial charge is 0.246 e. The molecule has 2 rings (SSSR count). The van der Waals surface area contributed by atoms with Crippen molar-refractivity contribution < 1.29 is 17.9 Å². The molecule has 1 saturated carbocycles. The highest BCUT2D eigenvalue weighted by Crippen LogP contribution is 2.35. The van der Waals surface area contributed by atoms with Crippen LogP contribution < -0.4 is 9.04 Å². The van der Waals surface area contributed by atoms with Crippen LogP contribution in [-0.4, -0.2) is 51.7 Å². The lowest BCUT2D eigenvalue weighted by molar-refractivity contribution is -0.132. The topological polar surface area (TPSA) is 66.9 Å². The third-order valence-corrected chi connectivity index (χ3v) is 6.13. The Morgan fingerprint density at radius 1 is 1.32 bits per heavy atom. The van der Waals surface area contributed by atoms with E-state index in [9.17, 15) is 13.2 Å². The minimum atomic E-state index is -3.72. The van der Waals surface area contributed by atoms with E-state index in [0.717, 1.165) is 36.2 Å². The van der Waals surface area contributed by atoms with E-state index in [4.69, 9.17) is 16.3 Å². The van der Waals surface area contributed by atoms with Crippen LogP contribution in [0.2, 0.25) is 5.02 Å². The fourth-order valence-corrected chi connectivity index (χ4v) is 4.71. The summed E-state index contributed by atoms with van der Waals surface area (Å²) in [7, 11) is -0.532. The van der Waals surface area contributed by atoms with Gasteiger partial charge in [0.15, 0.2) is 0 Å². The summed E-state index contributed by atoms with van der Waals surface area (Å²) in [5.41, 5.74) is 0.262. The first-order chi connectivity index (χ1) is 11.7. The lowest BCUT2D eigenvalue weighted by Crippen LogP contribution is -2.50. The first kappa shape index (κ1) is 19.8. The van der Waals surface area contributed by atoms with Crippen molar-refractivity contribution in [2.24, 2.45) is 0 Å². The molecule has 1 aromatic carbocycles. The van der Waals surface area contributed by atoms with Gasteiger partial charge in [0.05, 0.1) is 19.1 Å². The molecule has 0 saturated heterocycles. The number of halogens is 1. The Balaban J connectivity index is 2.41. The highest BCUT2D eigenvalue weighted by molar-refractivity contribution is 7.92. The molecule has 1 aromatic rings. The molecule has 1 aliphatic rings. The number of carbonyl (C=O) groups excluding carboxylic acids is 1. The van der Waals surface area contributed by atoms with Crippen molar-refractivity contribution in [1.29, 1.82) is 0 Å². The van der Waals surface area contributed by atoms with Gasteiger partial charge in [0.25, 0.3) is 0 Å². The molecule has 0 spiro atoms. The van der Waals surface area contributed by atoms with Crippen molar-refractivity contribution >= 4 is 33.2 Å². The maximum absolute atomic E-state index is 12.9. The molecule has 25 heavy (non-hydrogen) atoms. The lowest BCUT2D eigenvalue weighted by atomic mass is 10.2. The minimum Gasteiger partial charge on any atom is -0.495 e. The molecule has 0 bridgehead atoms. The minimum absolute atomic E-state index is 0.164. The first-order valence-corrected chi connectivity index (χ1v) is 10.5. The van der Waals surface area contributed by atoms with Gasteiger partial charge in [-0.25, -0.2) is 8.42 Å². The Bertz CT molecular complexity index is 732. The normalized spacial score (nSPS) is 16.5. The molecule has 1 aliphatic carbocycles. The standard InChI is InChI=1S/C17H25ClN2O4S/c1-12(17(21)19(2)14-7-5-6-8-14)20(25(4,22)23)15-11-13(18)9-10-16(15)24-3/h9-12,14H,5-8H2,1-4H3. The number of hydrogen-bond donors (Lipinski definition) is 0. The molecule has 1 atom stereocenters. The molecule has 140 valence electrons. The third-order valence-electron chi connectivity index (χ3n) is 4.66. The largest absolute Gasteiger partial charge is 0.495 e. The van der Waals surface area contributed by atoms with Crippen LogP contribution in [0.15, 0.2) is 18.2 Å². The van der Waals surface area contributed by atoms with Crippen molar-refractivity contribution in [2.75, 3.05) is 24.7 Å². The summed E-state index contributed by atoms with van der Waals surface area (Å²) in [6.07, 6.45) is 5.17. The number of anilines is 1. The maximum atomic E-state index is 12.9. The number of likely N-dealkylation sites (N-methyl/N-ethyl adjacent to an activating group) is 1. The fraction of sp³-hybridized carbons (Fsp3) is 0.588. The van der Waals surface area contributed by atoms with E-state index >= 15 is 0 Å². The molecule has 0 aromatic heterocycles. The number of methoxy groups -OCH3 is 1. The van der Waals surface area contributed by atoms with Gasteiger partial charge in [-0.1, -0.05) is 24.4 Å². The Morgan fingerprint density at radius 3 is 2.44 bits per heavy atom. The van der Waals surface area contributed by atoms with Crippen molar-refractivity contribution in [3.8, 4) is 5.75 Å². The molecule has 8 heteroatoms. The van der Waals surface area contributed by atoms with E-state index in [1.165, 1.54) is 13.2 Å². The van der Waals surface area contributed by atoms with Gasteiger partial charge in [-0.2, -0.15) is 0 Å². The summed E-state index contributed by atoms with van der Waals surface area (Å²) in [5, 5.41) is 0.369. The zero-order valence-electron chi connectivity index (χ0n) is 15.0. The van der Waals surface area contributed by atoms with Crippen LogP contribution in [-0.2, 0) is 14.8 Å². The predicted molar refractivity (Wildman–Crippen MR) is 99.8 cm³/mol. The van der Waals surface area contributed by atoms with Crippen LogP contribution in [0.5, 0.6) is 5.75 Å². The number of ether oxygens (including phenoxy) is 1. The van der Waals surface area contributed by atoms with Crippen LogP contribution in [0.25, 0.3) is 0 Å². The molecule has 1 amide bonds. The number of sulfonamides is 1. The van der Waals surface area contributed by atoms with Crippen LogP contribution in [0.1, 0.15) is 32.6 Å².